The van der Waals surface area contributed by atoms with Crippen molar-refractivity contribution in [1.82, 2.24) is 4.98 Å². The van der Waals surface area contributed by atoms with Gasteiger partial charge in [-0.15, -0.1) is 0 Å². The summed E-state index contributed by atoms with van der Waals surface area (Å²) >= 11 is 0. The highest BCUT2D eigenvalue weighted by Gasteiger charge is 2.10. The number of aromatic nitrogens is 1. The Balaban J connectivity index is 1.79. The van der Waals surface area contributed by atoms with Gasteiger partial charge in [-0.1, -0.05) is 24.3 Å². The molecule has 0 aliphatic carbocycles. The molecule has 0 unspecified atom stereocenters. The highest BCUT2D eigenvalue weighted by Crippen LogP contribution is 2.21. The minimum absolute atomic E-state index is 0.182. The van der Waals surface area contributed by atoms with E-state index in [4.69, 9.17) is 0 Å². The van der Waals surface area contributed by atoms with Gasteiger partial charge in [-0.2, -0.15) is 0 Å². The highest BCUT2D eigenvalue weighted by molar-refractivity contribution is 6.04. The number of pyridine rings is 1. The van der Waals surface area contributed by atoms with Crippen LogP contribution in [0.5, 0.6) is 0 Å². The minimum atomic E-state index is -1.01. The summed E-state index contributed by atoms with van der Waals surface area (Å²) in [6.45, 7) is 1.99. The maximum atomic E-state index is 13.2. The van der Waals surface area contributed by atoms with E-state index in [2.05, 4.69) is 10.3 Å². The molecule has 1 N–H and O–H groups in total. The Morgan fingerprint density at radius 3 is 2.46 bits per heavy atom. The predicted octanol–water partition coefficient (Wildman–Crippen LogP) is 4.59. The summed E-state index contributed by atoms with van der Waals surface area (Å²) in [5, 5.41) is 2.51. The molecule has 3 rings (SSSR count). The van der Waals surface area contributed by atoms with E-state index in [1.807, 2.05) is 31.2 Å². The Hall–Kier alpha value is -3.08. The van der Waals surface area contributed by atoms with Crippen LogP contribution in [0.3, 0.4) is 0 Å². The first-order chi connectivity index (χ1) is 11.5. The molecular weight excluding hydrogens is 310 g/mol. The first-order valence-electron chi connectivity index (χ1n) is 7.33. The molecule has 1 heterocycles. The Kier molecular flexibility index (Phi) is 4.33. The van der Waals surface area contributed by atoms with Crippen molar-refractivity contribution in [2.75, 3.05) is 5.32 Å². The van der Waals surface area contributed by atoms with Gasteiger partial charge in [-0.3, -0.25) is 9.78 Å². The standard InChI is InChI=1S/C19H14F2N2O/c1-12-4-2-3-5-15(12)18-9-6-13(11-22-18)19(24)23-14-7-8-16(20)17(21)10-14/h2-11H,1H3,(H,23,24). The molecule has 0 bridgehead atoms. The molecule has 0 aliphatic rings. The second-order valence-electron chi connectivity index (χ2n) is 5.33. The van der Waals surface area contributed by atoms with Crippen molar-refractivity contribution >= 4 is 11.6 Å². The molecule has 0 aliphatic heterocycles. The molecular formula is C19H14F2N2O. The number of rotatable bonds is 3. The van der Waals surface area contributed by atoms with E-state index >= 15 is 0 Å². The van der Waals surface area contributed by atoms with Crippen LogP contribution in [0.2, 0.25) is 0 Å². The lowest BCUT2D eigenvalue weighted by atomic mass is 10.0. The lowest BCUT2D eigenvalue weighted by Gasteiger charge is -2.07. The zero-order valence-corrected chi connectivity index (χ0v) is 12.9. The highest BCUT2D eigenvalue weighted by atomic mass is 19.2. The van der Waals surface area contributed by atoms with Gasteiger partial charge in [0, 0.05) is 23.5 Å². The minimum Gasteiger partial charge on any atom is -0.322 e. The van der Waals surface area contributed by atoms with Gasteiger partial charge in [0.2, 0.25) is 0 Å². The Morgan fingerprint density at radius 1 is 1.00 bits per heavy atom. The molecule has 0 atom stereocenters. The van der Waals surface area contributed by atoms with E-state index in [1.165, 1.54) is 12.3 Å². The molecule has 0 spiro atoms. The van der Waals surface area contributed by atoms with Crippen LogP contribution in [0.1, 0.15) is 15.9 Å². The number of aryl methyl sites for hydroxylation is 1. The normalized spacial score (nSPS) is 10.5. The molecule has 1 aromatic heterocycles. The van der Waals surface area contributed by atoms with E-state index in [1.54, 1.807) is 12.1 Å². The van der Waals surface area contributed by atoms with Gasteiger partial charge in [0.05, 0.1) is 11.3 Å². The van der Waals surface area contributed by atoms with Gasteiger partial charge in [0.1, 0.15) is 0 Å². The van der Waals surface area contributed by atoms with Gasteiger partial charge in [0.25, 0.3) is 5.91 Å². The van der Waals surface area contributed by atoms with Crippen LogP contribution >= 0.6 is 0 Å². The number of hydrogen-bond donors (Lipinski definition) is 1. The van der Waals surface area contributed by atoms with Crippen molar-refractivity contribution in [2.45, 2.75) is 6.92 Å². The first-order valence-corrected chi connectivity index (χ1v) is 7.33. The van der Waals surface area contributed by atoms with E-state index in [0.29, 0.717) is 5.56 Å². The number of halogens is 2. The Labute approximate surface area is 138 Å². The predicted molar refractivity (Wildman–Crippen MR) is 88.7 cm³/mol. The summed E-state index contributed by atoms with van der Waals surface area (Å²) in [7, 11) is 0. The maximum absolute atomic E-state index is 13.2. The number of carbonyl (C=O) groups is 1. The molecule has 0 saturated heterocycles. The summed E-state index contributed by atoms with van der Waals surface area (Å²) in [5.41, 5.74) is 3.35. The van der Waals surface area contributed by atoms with Crippen LogP contribution < -0.4 is 5.32 Å². The smallest absolute Gasteiger partial charge is 0.257 e. The average molecular weight is 324 g/mol. The van der Waals surface area contributed by atoms with Gasteiger partial charge in [-0.05, 0) is 36.8 Å². The van der Waals surface area contributed by atoms with Crippen molar-refractivity contribution < 1.29 is 13.6 Å². The monoisotopic (exact) mass is 324 g/mol. The largest absolute Gasteiger partial charge is 0.322 e. The number of nitrogens with zero attached hydrogens (tertiary/aromatic N) is 1. The fourth-order valence-electron chi connectivity index (χ4n) is 2.32. The van der Waals surface area contributed by atoms with Crippen LogP contribution in [0.4, 0.5) is 14.5 Å². The SMILES string of the molecule is Cc1ccccc1-c1ccc(C(=O)Nc2ccc(F)c(F)c2)cn1. The molecule has 120 valence electrons. The second-order valence-corrected chi connectivity index (χ2v) is 5.33. The fourth-order valence-corrected chi connectivity index (χ4v) is 2.32. The van der Waals surface area contributed by atoms with Crippen molar-refractivity contribution in [1.29, 1.82) is 0 Å². The number of carbonyl (C=O) groups excluding carboxylic acids is 1. The number of benzene rings is 2. The summed E-state index contributed by atoms with van der Waals surface area (Å²) in [4.78, 5) is 16.5. The first kappa shape index (κ1) is 15.8. The summed E-state index contributed by atoms with van der Waals surface area (Å²) in [6, 6.07) is 14.4. The number of hydrogen-bond acceptors (Lipinski definition) is 2. The molecule has 0 radical (unpaired) electrons. The van der Waals surface area contributed by atoms with Crippen LogP contribution in [0.15, 0.2) is 60.8 Å². The van der Waals surface area contributed by atoms with Crippen LogP contribution in [-0.4, -0.2) is 10.9 Å². The quantitative estimate of drug-likeness (QED) is 0.766. The molecule has 0 saturated carbocycles. The molecule has 0 fully saturated rings. The maximum Gasteiger partial charge on any atom is 0.257 e. The van der Waals surface area contributed by atoms with Gasteiger partial charge < -0.3 is 5.32 Å². The molecule has 3 nitrogen and oxygen atoms in total. The van der Waals surface area contributed by atoms with Gasteiger partial charge in [0.15, 0.2) is 11.6 Å². The zero-order valence-electron chi connectivity index (χ0n) is 12.9. The molecule has 1 amide bonds. The molecule has 24 heavy (non-hydrogen) atoms. The van der Waals surface area contributed by atoms with E-state index in [9.17, 15) is 13.6 Å². The molecule has 2 aromatic carbocycles. The number of anilines is 1. The number of amides is 1. The Morgan fingerprint density at radius 2 is 1.79 bits per heavy atom. The van der Waals surface area contributed by atoms with E-state index in [-0.39, 0.29) is 5.69 Å². The molecule has 5 heteroatoms. The third-order valence-electron chi connectivity index (χ3n) is 3.62. The topological polar surface area (TPSA) is 42.0 Å². The van der Waals surface area contributed by atoms with Crippen molar-refractivity contribution in [3.8, 4) is 11.3 Å². The summed E-state index contributed by atoms with van der Waals surface area (Å²) in [6.07, 6.45) is 1.46. The van der Waals surface area contributed by atoms with Gasteiger partial charge in [-0.25, -0.2) is 8.78 Å². The molecule has 3 aromatic rings. The van der Waals surface area contributed by atoms with E-state index < -0.39 is 17.5 Å². The zero-order chi connectivity index (χ0) is 17.1. The average Bonchev–Trinajstić information content (AvgIpc) is 2.59. The Bertz CT molecular complexity index is 892. The summed E-state index contributed by atoms with van der Waals surface area (Å²) in [5.74, 6) is -2.41. The van der Waals surface area contributed by atoms with Crippen molar-refractivity contribution in [3.05, 3.63) is 83.6 Å². The van der Waals surface area contributed by atoms with Crippen LogP contribution in [-0.2, 0) is 0 Å². The third kappa shape index (κ3) is 3.30. The van der Waals surface area contributed by atoms with Crippen molar-refractivity contribution in [2.24, 2.45) is 0 Å². The van der Waals surface area contributed by atoms with E-state index in [0.717, 1.165) is 29.0 Å². The van der Waals surface area contributed by atoms with Crippen LogP contribution in [0.25, 0.3) is 11.3 Å². The third-order valence-corrected chi connectivity index (χ3v) is 3.62. The number of nitrogens with one attached hydrogen (secondary N) is 1. The van der Waals surface area contributed by atoms with Gasteiger partial charge >= 0.3 is 0 Å². The summed E-state index contributed by atoms with van der Waals surface area (Å²) < 4.78 is 26.1. The lowest BCUT2D eigenvalue weighted by molar-refractivity contribution is 0.102. The van der Waals surface area contributed by atoms with Crippen LogP contribution in [0, 0.1) is 18.6 Å². The lowest BCUT2D eigenvalue weighted by Crippen LogP contribution is -2.12. The second kappa shape index (κ2) is 6.58. The fraction of sp³-hybridized carbons (Fsp3) is 0.0526. The van der Waals surface area contributed by atoms with Crippen molar-refractivity contribution in [3.63, 3.8) is 0 Å².